The van der Waals surface area contributed by atoms with Crippen LogP contribution in [0.25, 0.3) is 0 Å². The van der Waals surface area contributed by atoms with E-state index in [0.29, 0.717) is 11.1 Å². The minimum Gasteiger partial charge on any atom is -0.508 e. The number of esters is 1. The fourth-order valence-electron chi connectivity index (χ4n) is 3.32. The number of phenols is 1. The molecule has 1 saturated heterocycles. The predicted octanol–water partition coefficient (Wildman–Crippen LogP) is -0.333. The van der Waals surface area contributed by atoms with Gasteiger partial charge in [0.25, 0.3) is 0 Å². The van der Waals surface area contributed by atoms with E-state index in [-0.39, 0.29) is 22.8 Å². The van der Waals surface area contributed by atoms with Crippen molar-refractivity contribution < 1.29 is 44.5 Å². The van der Waals surface area contributed by atoms with Crippen LogP contribution in [0.4, 0.5) is 0 Å². The molecule has 3 rings (SSSR count). The first-order valence-electron chi connectivity index (χ1n) is 8.42. The molecule has 2 aliphatic heterocycles. The molecule has 2 heterocycles. The van der Waals surface area contributed by atoms with Crippen molar-refractivity contribution in [3.8, 4) is 11.5 Å². The fraction of sp³-hybridized carbons (Fsp3) is 0.500. The number of ether oxygens (including phenoxy) is 3. The van der Waals surface area contributed by atoms with Gasteiger partial charge in [0, 0.05) is 12.0 Å². The van der Waals surface area contributed by atoms with Crippen LogP contribution >= 0.6 is 0 Å². The van der Waals surface area contributed by atoms with Crippen molar-refractivity contribution in [1.82, 2.24) is 0 Å². The van der Waals surface area contributed by atoms with Gasteiger partial charge in [0.1, 0.15) is 47.2 Å². The van der Waals surface area contributed by atoms with E-state index in [0.717, 1.165) is 0 Å². The molecular weight excluding hydrogens is 360 g/mol. The van der Waals surface area contributed by atoms with Gasteiger partial charge in [0.15, 0.2) is 0 Å². The molecule has 0 amide bonds. The van der Waals surface area contributed by atoms with Crippen LogP contribution in [0.5, 0.6) is 11.5 Å². The number of rotatable bonds is 3. The van der Waals surface area contributed by atoms with Crippen LogP contribution in [0.15, 0.2) is 18.4 Å². The third-order valence-electron chi connectivity index (χ3n) is 5.01. The summed E-state index contributed by atoms with van der Waals surface area (Å²) in [6, 6.07) is 1.18. The topological polar surface area (TPSA) is 146 Å². The number of hydrogen-bond donors (Lipinski definition) is 5. The maximum atomic E-state index is 12.4. The van der Waals surface area contributed by atoms with Gasteiger partial charge in [-0.05, 0) is 18.1 Å². The molecule has 1 fully saturated rings. The quantitative estimate of drug-likeness (QED) is 0.443. The number of allylic oxidation sites excluding steroid dienone is 1. The van der Waals surface area contributed by atoms with Gasteiger partial charge in [-0.1, -0.05) is 13.5 Å². The van der Waals surface area contributed by atoms with E-state index in [1.807, 2.05) is 0 Å². The van der Waals surface area contributed by atoms with E-state index in [4.69, 9.17) is 14.2 Å². The summed E-state index contributed by atoms with van der Waals surface area (Å²) in [5, 5.41) is 49.4. The lowest BCUT2D eigenvalue weighted by molar-refractivity contribution is -0.277. The first kappa shape index (κ1) is 19.6. The molecule has 9 nitrogen and oxygen atoms in total. The van der Waals surface area contributed by atoms with Crippen molar-refractivity contribution >= 4 is 5.97 Å². The highest BCUT2D eigenvalue weighted by molar-refractivity contribution is 5.97. The SMILES string of the molecule is C=C1OC(=O)c2c(O[C@@H]3OC(CO)[C@H](O)C(O)C3O)cc(O)c(C)c2C1C. The summed E-state index contributed by atoms with van der Waals surface area (Å²) >= 11 is 0. The smallest absolute Gasteiger partial charge is 0.347 e. The summed E-state index contributed by atoms with van der Waals surface area (Å²) in [6.45, 7) is 6.45. The third-order valence-corrected chi connectivity index (χ3v) is 5.01. The maximum absolute atomic E-state index is 12.4. The van der Waals surface area contributed by atoms with Crippen molar-refractivity contribution in [2.45, 2.75) is 50.5 Å². The van der Waals surface area contributed by atoms with Crippen LogP contribution < -0.4 is 4.74 Å². The van der Waals surface area contributed by atoms with Crippen LogP contribution in [-0.4, -0.2) is 68.8 Å². The number of carbonyl (C=O) groups excluding carboxylic acids is 1. The zero-order valence-corrected chi connectivity index (χ0v) is 14.8. The Morgan fingerprint density at radius 1 is 1.22 bits per heavy atom. The second-order valence-electron chi connectivity index (χ2n) is 6.70. The Balaban J connectivity index is 2.02. The monoisotopic (exact) mass is 382 g/mol. The molecule has 5 N–H and O–H groups in total. The maximum Gasteiger partial charge on any atom is 0.347 e. The number of hydrogen-bond acceptors (Lipinski definition) is 9. The molecular formula is C18H22O9. The Kier molecular flexibility index (Phi) is 5.15. The fourth-order valence-corrected chi connectivity index (χ4v) is 3.32. The van der Waals surface area contributed by atoms with E-state index in [1.165, 1.54) is 6.07 Å². The van der Waals surface area contributed by atoms with Crippen LogP contribution in [0.1, 0.15) is 34.3 Å². The molecule has 0 spiro atoms. The zero-order chi connectivity index (χ0) is 20.0. The first-order chi connectivity index (χ1) is 12.7. The van der Waals surface area contributed by atoms with Crippen LogP contribution in [-0.2, 0) is 9.47 Å². The number of phenolic OH excluding ortho intramolecular Hbond substituents is 1. The minimum absolute atomic E-state index is 0.0437. The van der Waals surface area contributed by atoms with Crippen LogP contribution in [0, 0.1) is 6.92 Å². The number of aromatic hydroxyl groups is 1. The first-order valence-corrected chi connectivity index (χ1v) is 8.42. The lowest BCUT2D eigenvalue weighted by Crippen LogP contribution is -2.60. The number of fused-ring (bicyclic) bond motifs is 1. The Morgan fingerprint density at radius 3 is 2.52 bits per heavy atom. The standard InChI is InChI=1S/C18H22O9/c1-6-8(3)25-17(24)13-10(4-9(20)7(2)12(6)13)26-18-16(23)15(22)14(21)11(5-19)27-18/h4,6,11,14-16,18-23H,3,5H2,1-2H3/t6?,11?,14-,15?,16?,18+/m0/s1. The molecule has 0 aromatic heterocycles. The number of benzene rings is 1. The molecule has 0 aliphatic carbocycles. The van der Waals surface area contributed by atoms with E-state index in [2.05, 4.69) is 6.58 Å². The number of aliphatic hydroxyl groups excluding tert-OH is 4. The average molecular weight is 382 g/mol. The Hall–Kier alpha value is -2.17. The Morgan fingerprint density at radius 2 is 1.89 bits per heavy atom. The molecule has 148 valence electrons. The van der Waals surface area contributed by atoms with Crippen molar-refractivity contribution in [1.29, 1.82) is 0 Å². The molecule has 2 aliphatic rings. The predicted molar refractivity (Wildman–Crippen MR) is 90.2 cm³/mol. The zero-order valence-electron chi connectivity index (χ0n) is 14.8. The van der Waals surface area contributed by atoms with Crippen LogP contribution in [0.2, 0.25) is 0 Å². The Bertz CT molecular complexity index is 773. The summed E-state index contributed by atoms with van der Waals surface area (Å²) in [7, 11) is 0. The number of carbonyl (C=O) groups is 1. The van der Waals surface area contributed by atoms with Crippen molar-refractivity contribution in [2.24, 2.45) is 0 Å². The van der Waals surface area contributed by atoms with Crippen molar-refractivity contribution in [2.75, 3.05) is 6.61 Å². The van der Waals surface area contributed by atoms with Gasteiger partial charge in [0.2, 0.25) is 6.29 Å². The highest BCUT2D eigenvalue weighted by atomic mass is 16.7. The molecule has 27 heavy (non-hydrogen) atoms. The van der Waals surface area contributed by atoms with Gasteiger partial charge in [-0.25, -0.2) is 4.79 Å². The lowest BCUT2D eigenvalue weighted by Gasteiger charge is -2.40. The summed E-state index contributed by atoms with van der Waals surface area (Å²) in [6.07, 6.45) is -7.51. The highest BCUT2D eigenvalue weighted by Crippen LogP contribution is 2.43. The summed E-state index contributed by atoms with van der Waals surface area (Å²) in [5.41, 5.74) is 0.967. The van der Waals surface area contributed by atoms with Gasteiger partial charge in [-0.3, -0.25) is 0 Å². The van der Waals surface area contributed by atoms with E-state index < -0.39 is 49.2 Å². The molecule has 6 atom stereocenters. The molecule has 0 saturated carbocycles. The van der Waals surface area contributed by atoms with E-state index in [9.17, 15) is 30.3 Å². The normalized spacial score (nSPS) is 33.4. The molecule has 4 unspecified atom stereocenters. The second kappa shape index (κ2) is 7.10. The molecule has 0 radical (unpaired) electrons. The summed E-state index contributed by atoms with van der Waals surface area (Å²) < 4.78 is 16.0. The largest absolute Gasteiger partial charge is 0.508 e. The Labute approximate surface area is 155 Å². The number of aliphatic hydroxyl groups is 4. The molecule has 1 aromatic rings. The van der Waals surface area contributed by atoms with Gasteiger partial charge >= 0.3 is 5.97 Å². The third kappa shape index (κ3) is 3.17. The molecule has 0 bridgehead atoms. The molecule has 9 heteroatoms. The minimum atomic E-state index is -1.66. The van der Waals surface area contributed by atoms with Gasteiger partial charge in [-0.2, -0.15) is 0 Å². The van der Waals surface area contributed by atoms with Gasteiger partial charge in [0.05, 0.1) is 6.61 Å². The highest BCUT2D eigenvalue weighted by Gasteiger charge is 2.45. The molecule has 1 aromatic carbocycles. The van der Waals surface area contributed by atoms with Crippen LogP contribution in [0.3, 0.4) is 0 Å². The van der Waals surface area contributed by atoms with Crippen molar-refractivity contribution in [3.05, 3.63) is 35.1 Å². The summed E-state index contributed by atoms with van der Waals surface area (Å²) in [4.78, 5) is 12.4. The number of cyclic esters (lactones) is 1. The van der Waals surface area contributed by atoms with Gasteiger partial charge in [-0.15, -0.1) is 0 Å². The van der Waals surface area contributed by atoms with E-state index >= 15 is 0 Å². The lowest BCUT2D eigenvalue weighted by atomic mass is 9.87. The van der Waals surface area contributed by atoms with Crippen molar-refractivity contribution in [3.63, 3.8) is 0 Å². The second-order valence-corrected chi connectivity index (χ2v) is 6.70. The average Bonchev–Trinajstić information content (AvgIpc) is 2.62. The summed E-state index contributed by atoms with van der Waals surface area (Å²) in [5.74, 6) is -1.19. The van der Waals surface area contributed by atoms with Gasteiger partial charge < -0.3 is 39.7 Å². The van der Waals surface area contributed by atoms with E-state index in [1.54, 1.807) is 13.8 Å².